The monoisotopic (exact) mass is 278 g/mol. The Bertz CT molecular complexity index is 649. The summed E-state index contributed by atoms with van der Waals surface area (Å²) in [6, 6.07) is 7.46. The van der Waals surface area contributed by atoms with Gasteiger partial charge in [0, 0.05) is 12.5 Å². The van der Waals surface area contributed by atoms with Crippen LogP contribution >= 0.6 is 0 Å². The number of benzene rings is 2. The molecule has 3 rings (SSSR count). The molecule has 0 aromatic heterocycles. The van der Waals surface area contributed by atoms with Gasteiger partial charge in [0.05, 0.1) is 5.60 Å². The minimum Gasteiger partial charge on any atom is -0.385 e. The second-order valence-corrected chi connectivity index (χ2v) is 5.29. The minimum absolute atomic E-state index is 0.111. The second kappa shape index (κ2) is 4.63. The Hall–Kier alpha value is -1.81. The van der Waals surface area contributed by atoms with Crippen LogP contribution in [0.3, 0.4) is 0 Å². The first-order chi connectivity index (χ1) is 9.46. The van der Waals surface area contributed by atoms with E-state index in [2.05, 4.69) is 0 Å². The van der Waals surface area contributed by atoms with Crippen molar-refractivity contribution in [3.63, 3.8) is 0 Å². The third kappa shape index (κ3) is 2.31. The lowest BCUT2D eigenvalue weighted by Crippen LogP contribution is -2.25. The normalized spacial score (nSPS) is 21.0. The zero-order valence-electron chi connectivity index (χ0n) is 10.7. The van der Waals surface area contributed by atoms with Crippen molar-refractivity contribution >= 4 is 0 Å². The van der Waals surface area contributed by atoms with Crippen LogP contribution in [0.25, 0.3) is 0 Å². The lowest BCUT2D eigenvalue weighted by atomic mass is 9.88. The van der Waals surface area contributed by atoms with Gasteiger partial charge >= 0.3 is 0 Å². The minimum atomic E-state index is -1.19. The lowest BCUT2D eigenvalue weighted by Gasteiger charge is -2.24. The number of rotatable bonds is 2. The predicted octanol–water partition coefficient (Wildman–Crippen LogP) is 3.48. The van der Waals surface area contributed by atoms with E-state index >= 15 is 0 Å². The Kier molecular flexibility index (Phi) is 3.05. The molecule has 1 unspecified atom stereocenters. The molecule has 0 amide bonds. The van der Waals surface area contributed by atoms with E-state index in [-0.39, 0.29) is 12.2 Å². The molecule has 0 fully saturated rings. The summed E-state index contributed by atoms with van der Waals surface area (Å²) in [7, 11) is 0. The molecule has 1 aliphatic carbocycles. The van der Waals surface area contributed by atoms with Crippen molar-refractivity contribution in [3.05, 3.63) is 70.5 Å². The van der Waals surface area contributed by atoms with Gasteiger partial charge in [-0.3, -0.25) is 0 Å². The highest BCUT2D eigenvalue weighted by Crippen LogP contribution is 2.39. The highest BCUT2D eigenvalue weighted by molar-refractivity contribution is 5.39. The molecular weight excluding hydrogens is 265 g/mol. The first-order valence-electron chi connectivity index (χ1n) is 6.42. The van der Waals surface area contributed by atoms with Gasteiger partial charge in [0.15, 0.2) is 0 Å². The summed E-state index contributed by atoms with van der Waals surface area (Å²) in [6.45, 7) is 0. The molecule has 104 valence electrons. The van der Waals surface area contributed by atoms with Crippen LogP contribution < -0.4 is 0 Å². The number of fused-ring (bicyclic) bond motifs is 1. The van der Waals surface area contributed by atoms with Crippen LogP contribution in [0.15, 0.2) is 36.4 Å². The van der Waals surface area contributed by atoms with E-state index in [9.17, 15) is 18.3 Å². The summed E-state index contributed by atoms with van der Waals surface area (Å²) in [5.41, 5.74) is 0.596. The lowest BCUT2D eigenvalue weighted by molar-refractivity contribution is 0.0388. The smallest absolute Gasteiger partial charge is 0.126 e. The Balaban J connectivity index is 1.95. The maximum atomic E-state index is 13.2. The Labute approximate surface area is 114 Å². The third-order valence-corrected chi connectivity index (χ3v) is 3.80. The highest BCUT2D eigenvalue weighted by Gasteiger charge is 2.37. The SMILES string of the molecule is OC1(Cc2cc(F)cc(F)c2)CCc2cc(F)ccc21. The van der Waals surface area contributed by atoms with Gasteiger partial charge in [-0.25, -0.2) is 13.2 Å². The molecule has 2 aromatic carbocycles. The molecule has 4 heteroatoms. The molecule has 1 atom stereocenters. The number of aryl methyl sites for hydroxylation is 1. The van der Waals surface area contributed by atoms with Crippen LogP contribution in [-0.2, 0) is 18.4 Å². The van der Waals surface area contributed by atoms with Crippen LogP contribution in [-0.4, -0.2) is 5.11 Å². The van der Waals surface area contributed by atoms with Crippen molar-refractivity contribution in [2.75, 3.05) is 0 Å². The Morgan fingerprint density at radius 1 is 0.950 bits per heavy atom. The van der Waals surface area contributed by atoms with E-state index in [0.29, 0.717) is 24.0 Å². The molecule has 1 aliphatic rings. The van der Waals surface area contributed by atoms with Gasteiger partial charge in [0.2, 0.25) is 0 Å². The molecule has 1 nitrogen and oxygen atoms in total. The van der Waals surface area contributed by atoms with Crippen molar-refractivity contribution in [2.45, 2.75) is 24.9 Å². The summed E-state index contributed by atoms with van der Waals surface area (Å²) < 4.78 is 39.6. The third-order valence-electron chi connectivity index (χ3n) is 3.80. The van der Waals surface area contributed by atoms with Gasteiger partial charge < -0.3 is 5.11 Å². The van der Waals surface area contributed by atoms with E-state index in [1.807, 2.05) is 0 Å². The van der Waals surface area contributed by atoms with Gasteiger partial charge in [0.1, 0.15) is 17.5 Å². The molecule has 1 N–H and O–H groups in total. The van der Waals surface area contributed by atoms with Gasteiger partial charge in [-0.1, -0.05) is 6.07 Å². The molecule has 0 aliphatic heterocycles. The van der Waals surface area contributed by atoms with Crippen molar-refractivity contribution < 1.29 is 18.3 Å². The first kappa shape index (κ1) is 13.2. The summed E-state index contributed by atoms with van der Waals surface area (Å²) >= 11 is 0. The van der Waals surface area contributed by atoms with E-state index in [4.69, 9.17) is 0 Å². The zero-order chi connectivity index (χ0) is 14.3. The quantitative estimate of drug-likeness (QED) is 0.891. The van der Waals surface area contributed by atoms with Crippen molar-refractivity contribution in [1.82, 2.24) is 0 Å². The second-order valence-electron chi connectivity index (χ2n) is 5.29. The zero-order valence-corrected chi connectivity index (χ0v) is 10.7. The van der Waals surface area contributed by atoms with Gasteiger partial charge in [-0.2, -0.15) is 0 Å². The molecule has 0 bridgehead atoms. The maximum absolute atomic E-state index is 13.2. The number of hydrogen-bond acceptors (Lipinski definition) is 1. The van der Waals surface area contributed by atoms with Gasteiger partial charge in [0.25, 0.3) is 0 Å². The van der Waals surface area contributed by atoms with Crippen molar-refractivity contribution in [2.24, 2.45) is 0 Å². The van der Waals surface area contributed by atoms with Crippen molar-refractivity contribution in [3.8, 4) is 0 Å². The molecular formula is C16H13F3O. The summed E-state index contributed by atoms with van der Waals surface area (Å²) in [5.74, 6) is -1.67. The molecule has 2 aromatic rings. The molecule has 0 saturated heterocycles. The average Bonchev–Trinajstić information content (AvgIpc) is 2.65. The topological polar surface area (TPSA) is 20.2 Å². The van der Waals surface area contributed by atoms with Crippen LogP contribution in [0.1, 0.15) is 23.1 Å². The molecule has 0 heterocycles. The fraction of sp³-hybridized carbons (Fsp3) is 0.250. The van der Waals surface area contributed by atoms with Crippen LogP contribution in [0.5, 0.6) is 0 Å². The van der Waals surface area contributed by atoms with Crippen molar-refractivity contribution in [1.29, 1.82) is 0 Å². The fourth-order valence-corrected chi connectivity index (χ4v) is 2.93. The summed E-state index contributed by atoms with van der Waals surface area (Å²) in [5, 5.41) is 10.7. The maximum Gasteiger partial charge on any atom is 0.126 e. The fourth-order valence-electron chi connectivity index (χ4n) is 2.93. The molecule has 20 heavy (non-hydrogen) atoms. The average molecular weight is 278 g/mol. The van der Waals surface area contributed by atoms with E-state index in [1.54, 1.807) is 6.07 Å². The standard InChI is InChI=1S/C16H13F3O/c17-12-1-2-15-11(7-12)3-4-16(15,20)9-10-5-13(18)8-14(19)6-10/h1-2,5-8,20H,3-4,9H2. The molecule has 0 spiro atoms. The van der Waals surface area contributed by atoms with E-state index < -0.39 is 17.2 Å². The Morgan fingerprint density at radius 2 is 1.65 bits per heavy atom. The van der Waals surface area contributed by atoms with Gasteiger partial charge in [-0.05, 0) is 53.8 Å². The molecule has 0 saturated carbocycles. The molecule has 0 radical (unpaired) electrons. The Morgan fingerprint density at radius 3 is 2.35 bits per heavy atom. The summed E-state index contributed by atoms with van der Waals surface area (Å²) in [6.07, 6.45) is 1.09. The van der Waals surface area contributed by atoms with E-state index in [1.165, 1.54) is 24.3 Å². The first-order valence-corrected chi connectivity index (χ1v) is 6.42. The number of halogens is 3. The van der Waals surface area contributed by atoms with Crippen LogP contribution in [0.2, 0.25) is 0 Å². The largest absolute Gasteiger partial charge is 0.385 e. The summed E-state index contributed by atoms with van der Waals surface area (Å²) in [4.78, 5) is 0. The van der Waals surface area contributed by atoms with E-state index in [0.717, 1.165) is 11.6 Å². The number of aliphatic hydroxyl groups is 1. The predicted molar refractivity (Wildman–Crippen MR) is 68.7 cm³/mol. The van der Waals surface area contributed by atoms with Gasteiger partial charge in [-0.15, -0.1) is 0 Å². The van der Waals surface area contributed by atoms with Crippen LogP contribution in [0.4, 0.5) is 13.2 Å². The highest BCUT2D eigenvalue weighted by atomic mass is 19.1. The van der Waals surface area contributed by atoms with Crippen LogP contribution in [0, 0.1) is 17.5 Å². The number of hydrogen-bond donors (Lipinski definition) is 1.